The number of anilines is 1. The molecule has 0 fully saturated rings. The van der Waals surface area contributed by atoms with Crippen LogP contribution in [0.15, 0.2) is 59.5 Å². The zero-order valence-electron chi connectivity index (χ0n) is 11.6. The van der Waals surface area contributed by atoms with Gasteiger partial charge in [0.15, 0.2) is 0 Å². The van der Waals surface area contributed by atoms with E-state index in [1.807, 2.05) is 6.92 Å². The van der Waals surface area contributed by atoms with Crippen LogP contribution < -0.4 is 10.0 Å². The first-order valence-electron chi connectivity index (χ1n) is 6.34. The van der Waals surface area contributed by atoms with Crippen LogP contribution in [0.5, 0.6) is 0 Å². The molecular formula is C15H16N2O3S. The second-order valence-corrected chi connectivity index (χ2v) is 6.49. The highest BCUT2D eigenvalue weighted by molar-refractivity contribution is 7.92. The molecule has 2 aromatic carbocycles. The van der Waals surface area contributed by atoms with E-state index >= 15 is 0 Å². The van der Waals surface area contributed by atoms with Crippen LogP contribution in [-0.4, -0.2) is 20.9 Å². The molecule has 0 radical (unpaired) electrons. The van der Waals surface area contributed by atoms with Crippen LogP contribution in [0.1, 0.15) is 5.56 Å². The van der Waals surface area contributed by atoms with Crippen LogP contribution >= 0.6 is 0 Å². The maximum Gasteiger partial charge on any atom is 0.264 e. The standard InChI is InChI=1S/C15H16N2O3S/c1-12-7-9-14(10-8-12)21(19,20)17(11-15(16)18)13-5-3-2-4-6-13/h2-10H,11H2,1H3,(H2,16,18). The molecule has 0 heterocycles. The summed E-state index contributed by atoms with van der Waals surface area (Å²) in [5.74, 6) is -0.713. The molecule has 0 aliphatic heterocycles. The molecule has 0 aliphatic carbocycles. The van der Waals surface area contributed by atoms with Crippen molar-refractivity contribution in [2.24, 2.45) is 5.73 Å². The number of carbonyl (C=O) groups excluding carboxylic acids is 1. The number of nitrogens with two attached hydrogens (primary N) is 1. The summed E-state index contributed by atoms with van der Waals surface area (Å²) in [6, 6.07) is 14.9. The SMILES string of the molecule is Cc1ccc(S(=O)(=O)N(CC(N)=O)c2ccccc2)cc1. The minimum atomic E-state index is -3.83. The zero-order valence-corrected chi connectivity index (χ0v) is 12.4. The summed E-state index contributed by atoms with van der Waals surface area (Å²) >= 11 is 0. The van der Waals surface area contributed by atoms with Crippen LogP contribution in [-0.2, 0) is 14.8 Å². The van der Waals surface area contributed by atoms with Crippen molar-refractivity contribution < 1.29 is 13.2 Å². The van der Waals surface area contributed by atoms with Gasteiger partial charge in [0, 0.05) is 0 Å². The lowest BCUT2D eigenvalue weighted by atomic mass is 10.2. The smallest absolute Gasteiger partial charge is 0.264 e. The minimum absolute atomic E-state index is 0.123. The van der Waals surface area contributed by atoms with E-state index in [2.05, 4.69) is 0 Å². The first kappa shape index (κ1) is 15.1. The second kappa shape index (κ2) is 5.97. The molecule has 1 amide bonds. The van der Waals surface area contributed by atoms with Gasteiger partial charge in [-0.2, -0.15) is 0 Å². The van der Waals surface area contributed by atoms with Crippen molar-refractivity contribution in [3.8, 4) is 0 Å². The average Bonchev–Trinajstić information content (AvgIpc) is 2.46. The highest BCUT2D eigenvalue weighted by atomic mass is 32.2. The van der Waals surface area contributed by atoms with Crippen LogP contribution in [0.4, 0.5) is 5.69 Å². The van der Waals surface area contributed by atoms with Gasteiger partial charge in [-0.25, -0.2) is 8.42 Å². The Morgan fingerprint density at radius 3 is 2.14 bits per heavy atom. The Kier molecular flexibility index (Phi) is 4.28. The molecule has 0 spiro atoms. The molecular weight excluding hydrogens is 288 g/mol. The molecule has 0 aliphatic rings. The topological polar surface area (TPSA) is 80.5 Å². The van der Waals surface area contributed by atoms with Crippen molar-refractivity contribution in [2.75, 3.05) is 10.8 Å². The molecule has 0 aromatic heterocycles. The quantitative estimate of drug-likeness (QED) is 0.912. The average molecular weight is 304 g/mol. The number of benzene rings is 2. The summed E-state index contributed by atoms with van der Waals surface area (Å²) in [6.07, 6.45) is 0. The largest absolute Gasteiger partial charge is 0.368 e. The van der Waals surface area contributed by atoms with E-state index in [-0.39, 0.29) is 4.90 Å². The predicted octanol–water partition coefficient (Wildman–Crippen LogP) is 1.68. The molecule has 6 heteroatoms. The van der Waals surface area contributed by atoms with Crippen LogP contribution in [0, 0.1) is 6.92 Å². The van der Waals surface area contributed by atoms with E-state index < -0.39 is 22.5 Å². The number of carbonyl (C=O) groups is 1. The Morgan fingerprint density at radius 1 is 1.05 bits per heavy atom. The Labute approximate surface area is 124 Å². The van der Waals surface area contributed by atoms with Crippen molar-refractivity contribution >= 4 is 21.6 Å². The summed E-state index contributed by atoms with van der Waals surface area (Å²) in [4.78, 5) is 11.4. The molecule has 0 atom stereocenters. The van der Waals surface area contributed by atoms with Gasteiger partial charge in [0.1, 0.15) is 6.54 Å². The van der Waals surface area contributed by atoms with Gasteiger partial charge in [0.2, 0.25) is 5.91 Å². The van der Waals surface area contributed by atoms with E-state index in [0.29, 0.717) is 5.69 Å². The summed E-state index contributed by atoms with van der Waals surface area (Å²) in [6.45, 7) is 1.47. The number of primary amides is 1. The predicted molar refractivity (Wildman–Crippen MR) is 81.3 cm³/mol. The first-order chi connectivity index (χ1) is 9.91. The number of hydrogen-bond acceptors (Lipinski definition) is 3. The summed E-state index contributed by atoms with van der Waals surface area (Å²) < 4.78 is 26.4. The third kappa shape index (κ3) is 3.41. The van der Waals surface area contributed by atoms with Crippen molar-refractivity contribution in [3.63, 3.8) is 0 Å². The Bertz CT molecular complexity index is 725. The normalized spacial score (nSPS) is 11.1. The van der Waals surface area contributed by atoms with Gasteiger partial charge in [-0.1, -0.05) is 35.9 Å². The number of aryl methyl sites for hydroxylation is 1. The van der Waals surface area contributed by atoms with Crippen LogP contribution in [0.2, 0.25) is 0 Å². The molecule has 5 nitrogen and oxygen atoms in total. The molecule has 0 unspecified atom stereocenters. The van der Waals surface area contributed by atoms with E-state index in [0.717, 1.165) is 9.87 Å². The molecule has 2 aromatic rings. The third-order valence-electron chi connectivity index (χ3n) is 2.95. The maximum atomic E-state index is 12.7. The molecule has 2 N–H and O–H groups in total. The van der Waals surface area contributed by atoms with Gasteiger partial charge < -0.3 is 5.73 Å². The third-order valence-corrected chi connectivity index (χ3v) is 4.74. The lowest BCUT2D eigenvalue weighted by Crippen LogP contribution is -2.38. The summed E-state index contributed by atoms with van der Waals surface area (Å²) in [7, 11) is -3.83. The number of amides is 1. The van der Waals surface area contributed by atoms with E-state index in [9.17, 15) is 13.2 Å². The molecule has 110 valence electrons. The highest BCUT2D eigenvalue weighted by Crippen LogP contribution is 2.23. The Balaban J connectivity index is 2.49. The monoisotopic (exact) mass is 304 g/mol. The van der Waals surface area contributed by atoms with Crippen LogP contribution in [0.3, 0.4) is 0 Å². The number of nitrogens with zero attached hydrogens (tertiary/aromatic N) is 1. The zero-order chi connectivity index (χ0) is 15.5. The first-order valence-corrected chi connectivity index (χ1v) is 7.78. The molecule has 0 bridgehead atoms. The van der Waals surface area contributed by atoms with Gasteiger partial charge in [-0.15, -0.1) is 0 Å². The summed E-state index contributed by atoms with van der Waals surface area (Å²) in [5, 5.41) is 0. The lowest BCUT2D eigenvalue weighted by molar-refractivity contribution is -0.116. The fourth-order valence-corrected chi connectivity index (χ4v) is 3.32. The Morgan fingerprint density at radius 2 is 1.62 bits per heavy atom. The van der Waals surface area contributed by atoms with Crippen molar-refractivity contribution in [2.45, 2.75) is 11.8 Å². The van der Waals surface area contributed by atoms with Crippen molar-refractivity contribution in [3.05, 3.63) is 60.2 Å². The lowest BCUT2D eigenvalue weighted by Gasteiger charge is -2.23. The van der Waals surface area contributed by atoms with E-state index in [1.165, 1.54) is 12.1 Å². The van der Waals surface area contributed by atoms with Gasteiger partial charge in [0.05, 0.1) is 10.6 Å². The van der Waals surface area contributed by atoms with Crippen molar-refractivity contribution in [1.82, 2.24) is 0 Å². The number of hydrogen-bond donors (Lipinski definition) is 1. The Hall–Kier alpha value is -2.34. The van der Waals surface area contributed by atoms with Crippen molar-refractivity contribution in [1.29, 1.82) is 0 Å². The second-order valence-electron chi connectivity index (χ2n) is 4.63. The number of para-hydroxylation sites is 1. The maximum absolute atomic E-state index is 12.7. The van der Waals surface area contributed by atoms with E-state index in [4.69, 9.17) is 5.73 Å². The number of rotatable bonds is 5. The van der Waals surface area contributed by atoms with Gasteiger partial charge in [-0.3, -0.25) is 9.10 Å². The molecule has 2 rings (SSSR count). The van der Waals surface area contributed by atoms with Gasteiger partial charge in [-0.05, 0) is 31.2 Å². The van der Waals surface area contributed by atoms with Gasteiger partial charge >= 0.3 is 0 Å². The van der Waals surface area contributed by atoms with Crippen LogP contribution in [0.25, 0.3) is 0 Å². The minimum Gasteiger partial charge on any atom is -0.368 e. The fraction of sp³-hybridized carbons (Fsp3) is 0.133. The van der Waals surface area contributed by atoms with E-state index in [1.54, 1.807) is 42.5 Å². The molecule has 0 saturated heterocycles. The molecule has 21 heavy (non-hydrogen) atoms. The number of sulfonamides is 1. The summed E-state index contributed by atoms with van der Waals surface area (Å²) in [5.41, 5.74) is 6.54. The van der Waals surface area contributed by atoms with Gasteiger partial charge in [0.25, 0.3) is 10.0 Å². The highest BCUT2D eigenvalue weighted by Gasteiger charge is 2.26. The fourth-order valence-electron chi connectivity index (χ4n) is 1.89. The molecule has 0 saturated carbocycles.